The van der Waals surface area contributed by atoms with Gasteiger partial charge in [-0.2, -0.15) is 0 Å². The van der Waals surface area contributed by atoms with Crippen LogP contribution >= 0.6 is 11.3 Å². The highest BCUT2D eigenvalue weighted by Crippen LogP contribution is 2.39. The van der Waals surface area contributed by atoms with Gasteiger partial charge in [-0.1, -0.05) is 32.8 Å². The Labute approximate surface area is 174 Å². The zero-order chi connectivity index (χ0) is 19.5. The molecule has 1 aliphatic heterocycles. The number of anilines is 1. The lowest BCUT2D eigenvalue weighted by Gasteiger charge is -2.37. The third-order valence-electron chi connectivity index (χ3n) is 6.60. The van der Waals surface area contributed by atoms with Gasteiger partial charge in [0, 0.05) is 37.4 Å². The lowest BCUT2D eigenvalue weighted by atomic mass is 9.84. The SMILES string of the molecule is CCCCN1CCN(c2cc3sc(C)nc3cc2C2=CCC(CC)CC2)CC1. The molecule has 0 amide bonds. The van der Waals surface area contributed by atoms with E-state index in [1.807, 2.05) is 11.3 Å². The van der Waals surface area contributed by atoms with E-state index in [-0.39, 0.29) is 0 Å². The molecule has 1 aromatic carbocycles. The number of thiazole rings is 1. The van der Waals surface area contributed by atoms with Gasteiger partial charge in [-0.3, -0.25) is 4.90 Å². The van der Waals surface area contributed by atoms with E-state index in [4.69, 9.17) is 4.98 Å². The molecule has 0 bridgehead atoms. The first-order chi connectivity index (χ1) is 13.7. The Balaban J connectivity index is 1.62. The maximum Gasteiger partial charge on any atom is 0.0907 e. The average Bonchev–Trinajstić information content (AvgIpc) is 3.11. The van der Waals surface area contributed by atoms with Crippen molar-refractivity contribution in [2.45, 2.75) is 59.3 Å². The van der Waals surface area contributed by atoms with Crippen molar-refractivity contribution >= 4 is 32.8 Å². The van der Waals surface area contributed by atoms with Crippen LogP contribution in [0.3, 0.4) is 0 Å². The molecule has 0 N–H and O–H groups in total. The Morgan fingerprint density at radius 3 is 2.64 bits per heavy atom. The van der Waals surface area contributed by atoms with E-state index in [1.165, 1.54) is 84.6 Å². The summed E-state index contributed by atoms with van der Waals surface area (Å²) < 4.78 is 1.34. The third-order valence-corrected chi connectivity index (χ3v) is 7.53. The standard InChI is InChI=1S/C24H35N3S/c1-4-6-11-26-12-14-27(15-13-26)23-17-24-22(25-18(3)28-24)16-21(23)20-9-7-19(5-2)8-10-20/h9,16-17,19H,4-8,10-15H2,1-3H3. The van der Waals surface area contributed by atoms with E-state index in [0.29, 0.717) is 0 Å². The van der Waals surface area contributed by atoms with Gasteiger partial charge in [0.25, 0.3) is 0 Å². The van der Waals surface area contributed by atoms with E-state index in [9.17, 15) is 0 Å². The first-order valence-electron chi connectivity index (χ1n) is 11.3. The smallest absolute Gasteiger partial charge is 0.0907 e. The number of aryl methyl sites for hydroxylation is 1. The summed E-state index contributed by atoms with van der Waals surface area (Å²) in [6.07, 6.45) is 10.2. The first kappa shape index (κ1) is 19.9. The Hall–Kier alpha value is -1.39. The molecule has 0 radical (unpaired) electrons. The van der Waals surface area contributed by atoms with E-state index in [1.54, 1.807) is 5.57 Å². The van der Waals surface area contributed by atoms with Gasteiger partial charge in [0.1, 0.15) is 0 Å². The summed E-state index contributed by atoms with van der Waals surface area (Å²) in [5, 5.41) is 1.17. The van der Waals surface area contributed by atoms with Crippen molar-refractivity contribution < 1.29 is 0 Å². The van der Waals surface area contributed by atoms with Crippen molar-refractivity contribution in [3.8, 4) is 0 Å². The number of benzene rings is 1. The van der Waals surface area contributed by atoms with Gasteiger partial charge in [0.2, 0.25) is 0 Å². The van der Waals surface area contributed by atoms with Crippen LogP contribution in [-0.4, -0.2) is 42.6 Å². The summed E-state index contributed by atoms with van der Waals surface area (Å²) >= 11 is 1.83. The van der Waals surface area contributed by atoms with E-state index < -0.39 is 0 Å². The molecule has 0 saturated carbocycles. The fraction of sp³-hybridized carbons (Fsp3) is 0.625. The second-order valence-electron chi connectivity index (χ2n) is 8.53. The molecule has 1 atom stereocenters. The number of hydrogen-bond donors (Lipinski definition) is 0. The fourth-order valence-electron chi connectivity index (χ4n) is 4.70. The molecule has 152 valence electrons. The highest BCUT2D eigenvalue weighted by molar-refractivity contribution is 7.18. The van der Waals surface area contributed by atoms with Gasteiger partial charge in [-0.25, -0.2) is 4.98 Å². The van der Waals surface area contributed by atoms with Crippen LogP contribution in [-0.2, 0) is 0 Å². The highest BCUT2D eigenvalue weighted by Gasteiger charge is 2.23. The van der Waals surface area contributed by atoms with Crippen molar-refractivity contribution in [1.29, 1.82) is 0 Å². The molecule has 3 nitrogen and oxygen atoms in total. The molecule has 1 aliphatic carbocycles. The van der Waals surface area contributed by atoms with Crippen LogP contribution in [0.4, 0.5) is 5.69 Å². The number of allylic oxidation sites excluding steroid dienone is 2. The van der Waals surface area contributed by atoms with Crippen molar-refractivity contribution in [1.82, 2.24) is 9.88 Å². The summed E-state index contributed by atoms with van der Waals surface area (Å²) in [5.74, 6) is 0.875. The van der Waals surface area contributed by atoms with Crippen molar-refractivity contribution in [3.63, 3.8) is 0 Å². The normalized spacial score (nSPS) is 21.3. The van der Waals surface area contributed by atoms with E-state index >= 15 is 0 Å². The van der Waals surface area contributed by atoms with Crippen LogP contribution in [0, 0.1) is 12.8 Å². The fourth-order valence-corrected chi connectivity index (χ4v) is 5.54. The molecule has 2 aliphatic rings. The number of fused-ring (bicyclic) bond motifs is 1. The van der Waals surface area contributed by atoms with Crippen molar-refractivity contribution in [3.05, 3.63) is 28.8 Å². The molecule has 4 rings (SSSR count). The second-order valence-corrected chi connectivity index (χ2v) is 9.76. The molecule has 2 heterocycles. The number of rotatable bonds is 6. The lowest BCUT2D eigenvalue weighted by Crippen LogP contribution is -2.46. The number of piperazine rings is 1. The number of unbranched alkanes of at least 4 members (excludes halogenated alkanes) is 1. The summed E-state index contributed by atoms with van der Waals surface area (Å²) in [6, 6.07) is 4.82. The molecule has 0 spiro atoms. The average molecular weight is 398 g/mol. The Bertz CT molecular complexity index is 830. The molecule has 28 heavy (non-hydrogen) atoms. The zero-order valence-corrected chi connectivity index (χ0v) is 18.7. The largest absolute Gasteiger partial charge is 0.368 e. The van der Waals surface area contributed by atoms with Gasteiger partial charge >= 0.3 is 0 Å². The van der Waals surface area contributed by atoms with E-state index in [2.05, 4.69) is 48.8 Å². The van der Waals surface area contributed by atoms with Crippen molar-refractivity contribution in [2.75, 3.05) is 37.6 Å². The minimum absolute atomic E-state index is 0.875. The van der Waals surface area contributed by atoms with E-state index in [0.717, 1.165) is 19.0 Å². The molecule has 1 aromatic heterocycles. The number of aromatic nitrogens is 1. The molecule has 1 unspecified atom stereocenters. The van der Waals surface area contributed by atoms with Crippen LogP contribution < -0.4 is 4.90 Å². The quantitative estimate of drug-likeness (QED) is 0.585. The monoisotopic (exact) mass is 397 g/mol. The topological polar surface area (TPSA) is 19.4 Å². The lowest BCUT2D eigenvalue weighted by molar-refractivity contribution is 0.254. The van der Waals surface area contributed by atoms with Gasteiger partial charge < -0.3 is 4.90 Å². The summed E-state index contributed by atoms with van der Waals surface area (Å²) in [7, 11) is 0. The van der Waals surface area contributed by atoms with Crippen LogP contribution in [0.2, 0.25) is 0 Å². The predicted octanol–water partition coefficient (Wildman–Crippen LogP) is 6.12. The van der Waals surface area contributed by atoms with Crippen LogP contribution in [0.1, 0.15) is 62.9 Å². The van der Waals surface area contributed by atoms with Gasteiger partial charge in [0.15, 0.2) is 0 Å². The first-order valence-corrected chi connectivity index (χ1v) is 12.1. The molecular formula is C24H35N3S. The molecule has 4 heteroatoms. The van der Waals surface area contributed by atoms with Crippen LogP contribution in [0.5, 0.6) is 0 Å². The Kier molecular flexibility index (Phi) is 6.37. The maximum atomic E-state index is 4.80. The minimum atomic E-state index is 0.875. The van der Waals surface area contributed by atoms with Gasteiger partial charge in [-0.05, 0) is 62.8 Å². The molecule has 1 saturated heterocycles. The molecular weight excluding hydrogens is 362 g/mol. The second kappa shape index (κ2) is 8.96. The minimum Gasteiger partial charge on any atom is -0.368 e. The Morgan fingerprint density at radius 1 is 1.14 bits per heavy atom. The third kappa shape index (κ3) is 4.28. The Morgan fingerprint density at radius 2 is 1.96 bits per heavy atom. The summed E-state index contributed by atoms with van der Waals surface area (Å²) in [5.41, 5.74) is 5.64. The number of hydrogen-bond acceptors (Lipinski definition) is 4. The maximum absolute atomic E-state index is 4.80. The predicted molar refractivity (Wildman–Crippen MR) is 124 cm³/mol. The number of nitrogens with zero attached hydrogens (tertiary/aromatic N) is 3. The molecule has 1 fully saturated rings. The van der Waals surface area contributed by atoms with Gasteiger partial charge in [0.05, 0.1) is 15.2 Å². The highest BCUT2D eigenvalue weighted by atomic mass is 32.1. The van der Waals surface area contributed by atoms with Crippen LogP contribution in [0.15, 0.2) is 18.2 Å². The summed E-state index contributed by atoms with van der Waals surface area (Å²) in [6.45, 7) is 12.7. The van der Waals surface area contributed by atoms with Crippen LogP contribution in [0.25, 0.3) is 15.8 Å². The molecule has 2 aromatic rings. The summed E-state index contributed by atoms with van der Waals surface area (Å²) in [4.78, 5) is 10.1. The van der Waals surface area contributed by atoms with Crippen molar-refractivity contribution in [2.24, 2.45) is 5.92 Å². The zero-order valence-electron chi connectivity index (χ0n) is 17.8. The van der Waals surface area contributed by atoms with Gasteiger partial charge in [-0.15, -0.1) is 11.3 Å².